The van der Waals surface area contributed by atoms with Crippen LogP contribution in [0.25, 0.3) is 0 Å². The number of hydrogen-bond donors (Lipinski definition) is 0. The average molecular weight is 683 g/mol. The predicted octanol–water partition coefficient (Wildman–Crippen LogP) is 8.16. The monoisotopic (exact) mass is 683 g/mol. The molecule has 8 heteroatoms. The van der Waals surface area contributed by atoms with Gasteiger partial charge in [-0.25, -0.2) is 29.7 Å². The summed E-state index contributed by atoms with van der Waals surface area (Å²) in [6, 6.07) is 44.3. The first-order valence-corrected chi connectivity index (χ1v) is 16.7. The van der Waals surface area contributed by atoms with E-state index in [1.54, 1.807) is 0 Å². The summed E-state index contributed by atoms with van der Waals surface area (Å²) < 4.78 is 58.5. The number of hydrogen-bond acceptors (Lipinski definition) is 1. The molecular formula is C37H31F4FeNP2-6. The van der Waals surface area contributed by atoms with Gasteiger partial charge in [-0.3, -0.25) is 4.67 Å². The van der Waals surface area contributed by atoms with Crippen molar-refractivity contribution in [3.8, 4) is 0 Å². The normalized spacial score (nSPS) is 11.7. The summed E-state index contributed by atoms with van der Waals surface area (Å²) in [6.45, 7) is 2.05. The van der Waals surface area contributed by atoms with Crippen molar-refractivity contribution in [2.24, 2.45) is 0 Å². The number of rotatable bonds is 8. The summed E-state index contributed by atoms with van der Waals surface area (Å²) in [4.78, 5) is 0. The molecule has 0 aliphatic carbocycles. The SMILES string of the molecule is C[C@H]([c-]1cccc1P(c1ccccc1)c1ccccc1)N(C)P(c1ccc(F)c(F)c1)c1ccc(F)c(F)c1.[Fe].[cH-]1[cH-][cH-][cH-][cH-]1. The van der Waals surface area contributed by atoms with Crippen molar-refractivity contribution >= 4 is 42.5 Å². The van der Waals surface area contributed by atoms with E-state index in [9.17, 15) is 17.6 Å². The van der Waals surface area contributed by atoms with Gasteiger partial charge in [-0.2, -0.15) is 6.07 Å². The van der Waals surface area contributed by atoms with Crippen LogP contribution >= 0.6 is 16.0 Å². The van der Waals surface area contributed by atoms with Crippen LogP contribution in [0.2, 0.25) is 0 Å². The molecule has 0 fully saturated rings. The number of benzene rings is 4. The maximum absolute atomic E-state index is 14.4. The summed E-state index contributed by atoms with van der Waals surface area (Å²) >= 11 is 0. The minimum absolute atomic E-state index is 0. The zero-order valence-electron chi connectivity index (χ0n) is 24.6. The molecular weight excluding hydrogens is 652 g/mol. The maximum atomic E-state index is 14.4. The van der Waals surface area contributed by atoms with Crippen LogP contribution < -0.4 is 26.5 Å². The molecule has 0 bridgehead atoms. The minimum Gasteiger partial charge on any atom is -0.748 e. The quantitative estimate of drug-likeness (QED) is 0.0678. The van der Waals surface area contributed by atoms with Crippen LogP contribution in [0.15, 0.2) is 146 Å². The zero-order valence-corrected chi connectivity index (χ0v) is 27.5. The van der Waals surface area contributed by atoms with E-state index >= 15 is 0 Å². The van der Waals surface area contributed by atoms with Crippen molar-refractivity contribution in [2.45, 2.75) is 13.0 Å². The molecule has 1 nitrogen and oxygen atoms in total. The van der Waals surface area contributed by atoms with Gasteiger partial charge in [0.05, 0.1) is 0 Å². The van der Waals surface area contributed by atoms with Crippen LogP contribution in [0.4, 0.5) is 17.6 Å². The van der Waals surface area contributed by atoms with E-state index in [1.807, 2.05) is 79.8 Å². The number of nitrogens with zero attached hydrogens (tertiary/aromatic N) is 1. The van der Waals surface area contributed by atoms with Crippen molar-refractivity contribution in [1.82, 2.24) is 4.67 Å². The van der Waals surface area contributed by atoms with Gasteiger partial charge in [0.1, 0.15) is 0 Å². The van der Waals surface area contributed by atoms with Crippen molar-refractivity contribution in [1.29, 1.82) is 0 Å². The van der Waals surface area contributed by atoms with Crippen LogP contribution in [0.3, 0.4) is 0 Å². The summed E-state index contributed by atoms with van der Waals surface area (Å²) in [5.74, 6) is -3.86. The topological polar surface area (TPSA) is 3.24 Å². The molecule has 0 aliphatic heterocycles. The van der Waals surface area contributed by atoms with E-state index in [-0.39, 0.29) is 23.1 Å². The molecule has 0 unspecified atom stereocenters. The Balaban J connectivity index is 0.000000700. The third kappa shape index (κ3) is 8.27. The summed E-state index contributed by atoms with van der Waals surface area (Å²) in [6.07, 6.45) is 0. The van der Waals surface area contributed by atoms with Crippen LogP contribution in [-0.4, -0.2) is 11.7 Å². The Morgan fingerprint density at radius 1 is 0.578 bits per heavy atom. The van der Waals surface area contributed by atoms with Gasteiger partial charge in [0.15, 0.2) is 23.3 Å². The van der Waals surface area contributed by atoms with Gasteiger partial charge in [0.2, 0.25) is 0 Å². The third-order valence-corrected chi connectivity index (χ3v) is 12.3. The van der Waals surface area contributed by atoms with Crippen LogP contribution in [0.1, 0.15) is 18.5 Å². The van der Waals surface area contributed by atoms with Crippen molar-refractivity contribution < 1.29 is 34.6 Å². The van der Waals surface area contributed by atoms with Crippen molar-refractivity contribution in [3.05, 3.63) is 174 Å². The fourth-order valence-corrected chi connectivity index (χ4v) is 9.95. The second-order valence-electron chi connectivity index (χ2n) is 10.1. The Morgan fingerprint density at radius 3 is 1.44 bits per heavy atom. The minimum atomic E-state index is -1.53. The first kappa shape index (κ1) is 34.5. The molecule has 6 rings (SSSR count). The largest absolute Gasteiger partial charge is 0.748 e. The van der Waals surface area contributed by atoms with Crippen molar-refractivity contribution in [3.63, 3.8) is 0 Å². The van der Waals surface area contributed by atoms with Crippen LogP contribution in [-0.2, 0) is 17.1 Å². The molecule has 236 valence electrons. The standard InChI is InChI=1S/C32H26F4NP2.C5H5.Fe/c1-22(27-14-9-15-32(27)38(23-10-5-3-6-11-23)24-12-7-4-8-13-24)37(2)39(25-16-18-28(33)30(35)20-25)26-17-19-29(34)31(36)21-26;1-2-4-5-3-1;/h3-22H,1-2H3;1-5H;/q-1;-5;/t22-;;/m1../s1. The fraction of sp³-hybridized carbons (Fsp3) is 0.0811. The van der Waals surface area contributed by atoms with Crippen molar-refractivity contribution in [2.75, 3.05) is 7.05 Å². The molecule has 1 atom stereocenters. The third-order valence-electron chi connectivity index (χ3n) is 7.27. The molecule has 0 spiro atoms. The predicted molar refractivity (Wildman–Crippen MR) is 178 cm³/mol. The molecule has 0 radical (unpaired) electrons. The van der Waals surface area contributed by atoms with Gasteiger partial charge in [0.25, 0.3) is 0 Å². The molecule has 0 aliphatic rings. The molecule has 6 aromatic carbocycles. The van der Waals surface area contributed by atoms with Gasteiger partial charge >= 0.3 is 0 Å². The molecule has 0 saturated heterocycles. The van der Waals surface area contributed by atoms with E-state index in [0.717, 1.165) is 29.8 Å². The van der Waals surface area contributed by atoms with Gasteiger partial charge in [-0.15, -0.1) is 10.9 Å². The summed E-state index contributed by atoms with van der Waals surface area (Å²) in [5, 5.41) is 4.62. The first-order valence-electron chi connectivity index (χ1n) is 14.1. The van der Waals surface area contributed by atoms with Crippen LogP contribution in [0.5, 0.6) is 0 Å². The van der Waals surface area contributed by atoms with E-state index in [4.69, 9.17) is 0 Å². The average Bonchev–Trinajstić information content (AvgIpc) is 3.78. The van der Waals surface area contributed by atoms with E-state index in [0.29, 0.717) is 10.6 Å². The van der Waals surface area contributed by atoms with Gasteiger partial charge in [-0.05, 0) is 78.6 Å². The van der Waals surface area contributed by atoms with E-state index in [1.165, 1.54) is 28.0 Å². The molecule has 6 aromatic rings. The summed E-state index contributed by atoms with van der Waals surface area (Å²) in [7, 11) is -0.507. The molecule has 0 saturated carbocycles. The van der Waals surface area contributed by atoms with E-state index < -0.39 is 39.3 Å². The second-order valence-corrected chi connectivity index (χ2v) is 14.6. The zero-order chi connectivity index (χ0) is 31.1. The smallest absolute Gasteiger partial charge is 0.159 e. The Kier molecular flexibility index (Phi) is 12.5. The van der Waals surface area contributed by atoms with E-state index in [2.05, 4.69) is 48.0 Å². The fourth-order valence-electron chi connectivity index (χ4n) is 5.00. The molecule has 0 heterocycles. The van der Waals surface area contributed by atoms with Gasteiger partial charge < -0.3 is 30.3 Å². The number of halogens is 4. The molecule has 0 amide bonds. The van der Waals surface area contributed by atoms with Crippen LogP contribution in [0, 0.1) is 23.3 Å². The Morgan fingerprint density at radius 2 is 1.02 bits per heavy atom. The Hall–Kier alpha value is -3.36. The van der Waals surface area contributed by atoms with Gasteiger partial charge in [0, 0.05) is 25.1 Å². The first-order chi connectivity index (χ1) is 21.3. The second kappa shape index (κ2) is 16.3. The van der Waals surface area contributed by atoms with Gasteiger partial charge in [-0.1, -0.05) is 67.6 Å². The Bertz CT molecular complexity index is 1650. The molecule has 0 N–H and O–H groups in total. The maximum Gasteiger partial charge on any atom is 0.159 e. The Labute approximate surface area is 275 Å². The summed E-state index contributed by atoms with van der Waals surface area (Å²) in [5.41, 5.74) is 1.09. The molecule has 45 heavy (non-hydrogen) atoms. The molecule has 0 aromatic heterocycles.